The largest absolute Gasteiger partial charge is 0.489 e. The maximum absolute atomic E-state index is 13.4. The molecular formula is C34H46N2O6. The molecule has 1 aliphatic heterocycles. The highest BCUT2D eigenvalue weighted by atomic mass is 16.5. The molecule has 3 unspecified atom stereocenters. The molecule has 228 valence electrons. The molecule has 0 saturated carbocycles. The second-order valence-corrected chi connectivity index (χ2v) is 12.0. The zero-order valence-electron chi connectivity index (χ0n) is 25.1. The van der Waals surface area contributed by atoms with E-state index in [1.807, 2.05) is 87.5 Å². The summed E-state index contributed by atoms with van der Waals surface area (Å²) in [6.07, 6.45) is 7.53. The lowest BCUT2D eigenvalue weighted by molar-refractivity contribution is -0.146. The summed E-state index contributed by atoms with van der Waals surface area (Å²) in [4.78, 5) is 38.6. The van der Waals surface area contributed by atoms with Crippen molar-refractivity contribution in [1.29, 1.82) is 0 Å². The number of esters is 1. The average molecular weight is 579 g/mol. The molecule has 2 aromatic carbocycles. The van der Waals surface area contributed by atoms with Crippen LogP contribution < -0.4 is 15.4 Å². The molecule has 0 aliphatic carbocycles. The number of aliphatic hydroxyl groups excluding tert-OH is 1. The number of amides is 2. The van der Waals surface area contributed by atoms with Crippen molar-refractivity contribution in [2.75, 3.05) is 13.2 Å². The molecule has 0 aromatic heterocycles. The van der Waals surface area contributed by atoms with Gasteiger partial charge >= 0.3 is 5.97 Å². The zero-order valence-corrected chi connectivity index (χ0v) is 25.1. The molecule has 3 N–H and O–H groups in total. The van der Waals surface area contributed by atoms with Crippen LogP contribution in [-0.2, 0) is 32.1 Å². The first-order chi connectivity index (χ1) is 20.1. The molecule has 8 heteroatoms. The quantitative estimate of drug-likeness (QED) is 0.289. The normalized spacial score (nSPS) is 19.6. The first-order valence-electron chi connectivity index (χ1n) is 14.9. The highest BCUT2D eigenvalue weighted by Crippen LogP contribution is 2.22. The van der Waals surface area contributed by atoms with E-state index in [2.05, 4.69) is 10.6 Å². The van der Waals surface area contributed by atoms with Crippen molar-refractivity contribution >= 4 is 17.8 Å². The summed E-state index contributed by atoms with van der Waals surface area (Å²) < 4.78 is 11.3. The predicted molar refractivity (Wildman–Crippen MR) is 163 cm³/mol. The minimum absolute atomic E-state index is 0.0183. The number of carbonyl (C=O) groups excluding carboxylic acids is 3. The lowest BCUT2D eigenvalue weighted by Gasteiger charge is -2.32. The third-order valence-electron chi connectivity index (χ3n) is 7.40. The number of cyclic esters (lactones) is 1. The first kappa shape index (κ1) is 32.9. The van der Waals surface area contributed by atoms with Crippen molar-refractivity contribution in [2.24, 2.45) is 11.3 Å². The molecule has 2 aromatic rings. The third kappa shape index (κ3) is 11.7. The van der Waals surface area contributed by atoms with Crippen LogP contribution in [0.25, 0.3) is 0 Å². The van der Waals surface area contributed by atoms with Gasteiger partial charge in [0.1, 0.15) is 19.0 Å². The molecule has 2 amide bonds. The van der Waals surface area contributed by atoms with E-state index in [1.54, 1.807) is 0 Å². The van der Waals surface area contributed by atoms with Gasteiger partial charge in [0.05, 0.1) is 24.6 Å². The van der Waals surface area contributed by atoms with Crippen molar-refractivity contribution in [3.8, 4) is 5.75 Å². The summed E-state index contributed by atoms with van der Waals surface area (Å²) in [5.41, 5.74) is 1.68. The Morgan fingerprint density at radius 2 is 1.79 bits per heavy atom. The Kier molecular flexibility index (Phi) is 13.1. The van der Waals surface area contributed by atoms with Gasteiger partial charge < -0.3 is 25.2 Å². The van der Waals surface area contributed by atoms with Gasteiger partial charge in [-0.05, 0) is 60.8 Å². The number of carbonyl (C=O) groups is 3. The highest BCUT2D eigenvalue weighted by Gasteiger charge is 2.31. The highest BCUT2D eigenvalue weighted by molar-refractivity contribution is 5.86. The molecule has 0 spiro atoms. The number of rotatable bonds is 9. The maximum Gasteiger partial charge on any atom is 0.305 e. The molecule has 3 atom stereocenters. The molecule has 42 heavy (non-hydrogen) atoms. The van der Waals surface area contributed by atoms with Gasteiger partial charge in [-0.15, -0.1) is 0 Å². The van der Waals surface area contributed by atoms with Gasteiger partial charge in [0.2, 0.25) is 11.8 Å². The molecular weight excluding hydrogens is 532 g/mol. The van der Waals surface area contributed by atoms with E-state index in [0.29, 0.717) is 25.9 Å². The fourth-order valence-corrected chi connectivity index (χ4v) is 4.66. The van der Waals surface area contributed by atoms with Gasteiger partial charge in [0, 0.05) is 12.8 Å². The first-order valence-corrected chi connectivity index (χ1v) is 14.9. The minimum atomic E-state index is -0.592. The van der Waals surface area contributed by atoms with Crippen molar-refractivity contribution in [3.05, 3.63) is 77.9 Å². The zero-order chi connectivity index (χ0) is 30.4. The molecule has 1 heterocycles. The Balaban J connectivity index is 1.59. The maximum atomic E-state index is 13.4. The molecule has 1 aliphatic rings. The van der Waals surface area contributed by atoms with Crippen LogP contribution in [0.15, 0.2) is 66.7 Å². The predicted octanol–water partition coefficient (Wildman–Crippen LogP) is 4.89. The topological polar surface area (TPSA) is 114 Å². The van der Waals surface area contributed by atoms with Crippen LogP contribution in [0.1, 0.15) is 70.4 Å². The van der Waals surface area contributed by atoms with Crippen LogP contribution in [0.3, 0.4) is 0 Å². The lowest BCUT2D eigenvalue weighted by atomic mass is 9.86. The Morgan fingerprint density at radius 1 is 1.05 bits per heavy atom. The third-order valence-corrected chi connectivity index (χ3v) is 7.40. The smallest absolute Gasteiger partial charge is 0.305 e. The second-order valence-electron chi connectivity index (χ2n) is 12.0. The molecule has 0 fully saturated rings. The summed E-state index contributed by atoms with van der Waals surface area (Å²) in [5, 5.41) is 15.9. The van der Waals surface area contributed by atoms with Crippen molar-refractivity contribution in [2.45, 2.75) is 84.4 Å². The Morgan fingerprint density at radius 3 is 2.48 bits per heavy atom. The number of allylic oxidation sites excluding steroid dienone is 2. The average Bonchev–Trinajstić information content (AvgIpc) is 2.96. The summed E-state index contributed by atoms with van der Waals surface area (Å²) >= 11 is 0. The van der Waals surface area contributed by atoms with E-state index in [4.69, 9.17) is 9.47 Å². The number of hydrogen-bond donors (Lipinski definition) is 3. The van der Waals surface area contributed by atoms with E-state index in [9.17, 15) is 19.5 Å². The molecule has 3 rings (SSSR count). The fourth-order valence-electron chi connectivity index (χ4n) is 4.66. The van der Waals surface area contributed by atoms with E-state index in [0.717, 1.165) is 36.1 Å². The Labute approximate surface area is 249 Å². The SMILES string of the molecule is CC(C)(C)C1COC(=O)CCCCC=CCC(CC(=O)NC(CO)Cc2ccc(OCc3ccccc3)cc2)C(=O)N1. The summed E-state index contributed by atoms with van der Waals surface area (Å²) in [7, 11) is 0. The van der Waals surface area contributed by atoms with Gasteiger partial charge in [0.25, 0.3) is 0 Å². The van der Waals surface area contributed by atoms with Crippen molar-refractivity contribution in [3.63, 3.8) is 0 Å². The monoisotopic (exact) mass is 578 g/mol. The van der Waals surface area contributed by atoms with Crippen LogP contribution in [0.4, 0.5) is 0 Å². The van der Waals surface area contributed by atoms with Gasteiger partial charge in [-0.25, -0.2) is 0 Å². The summed E-state index contributed by atoms with van der Waals surface area (Å²) in [6.45, 7) is 6.26. The van der Waals surface area contributed by atoms with E-state index >= 15 is 0 Å². The molecule has 0 saturated heterocycles. The van der Waals surface area contributed by atoms with Crippen LogP contribution in [0.5, 0.6) is 5.75 Å². The van der Waals surface area contributed by atoms with Crippen molar-refractivity contribution in [1.82, 2.24) is 10.6 Å². The van der Waals surface area contributed by atoms with Crippen molar-refractivity contribution < 1.29 is 29.0 Å². The summed E-state index contributed by atoms with van der Waals surface area (Å²) in [6, 6.07) is 16.6. The van der Waals surface area contributed by atoms with Gasteiger partial charge in [0.15, 0.2) is 0 Å². The van der Waals surface area contributed by atoms with Gasteiger partial charge in [-0.3, -0.25) is 14.4 Å². The Hall–Kier alpha value is -3.65. The lowest BCUT2D eigenvalue weighted by Crippen LogP contribution is -2.50. The van der Waals surface area contributed by atoms with Crippen LogP contribution in [0.2, 0.25) is 0 Å². The van der Waals surface area contributed by atoms with E-state index in [-0.39, 0.29) is 42.8 Å². The minimum Gasteiger partial charge on any atom is -0.489 e. The standard InChI is InChI=1S/C34H46N2O6/c1-34(2,3)30-24-42-32(39)15-11-6-4-5-10-14-27(33(40)36-30)21-31(38)35-28(22-37)20-25-16-18-29(19-17-25)41-23-26-12-8-7-9-13-26/h5,7-10,12-13,16-19,27-28,30,37H,4,6,11,14-15,20-24H2,1-3H3,(H,35,38)(H,36,40). The molecule has 0 bridgehead atoms. The number of benzene rings is 2. The van der Waals surface area contributed by atoms with Gasteiger partial charge in [-0.2, -0.15) is 0 Å². The van der Waals surface area contributed by atoms with Crippen LogP contribution in [0, 0.1) is 11.3 Å². The number of nitrogens with one attached hydrogen (secondary N) is 2. The van der Waals surface area contributed by atoms with E-state index in [1.165, 1.54) is 0 Å². The van der Waals surface area contributed by atoms with Crippen LogP contribution >= 0.6 is 0 Å². The molecule has 8 nitrogen and oxygen atoms in total. The fraction of sp³-hybridized carbons (Fsp3) is 0.500. The second kappa shape index (κ2) is 16.7. The Bertz CT molecular complexity index is 1160. The number of hydrogen-bond acceptors (Lipinski definition) is 6. The summed E-state index contributed by atoms with van der Waals surface area (Å²) in [5.74, 6) is -0.673. The van der Waals surface area contributed by atoms with Gasteiger partial charge in [-0.1, -0.05) is 75.4 Å². The van der Waals surface area contributed by atoms with E-state index < -0.39 is 18.0 Å². The van der Waals surface area contributed by atoms with Crippen LogP contribution in [-0.4, -0.2) is 48.2 Å². The number of ether oxygens (including phenoxy) is 2. The molecule has 0 radical (unpaired) electrons. The number of aliphatic hydroxyl groups is 1.